The summed E-state index contributed by atoms with van der Waals surface area (Å²) >= 11 is 1.17. The number of rotatable bonds is 8. The van der Waals surface area contributed by atoms with E-state index in [2.05, 4.69) is 10.3 Å². The van der Waals surface area contributed by atoms with Gasteiger partial charge in [-0.15, -0.1) is 11.3 Å². The fourth-order valence-corrected chi connectivity index (χ4v) is 6.47. The van der Waals surface area contributed by atoms with E-state index in [1.807, 2.05) is 60.7 Å². The highest BCUT2D eigenvalue weighted by atomic mass is 32.2. The van der Waals surface area contributed by atoms with Gasteiger partial charge in [0.05, 0.1) is 5.92 Å². The van der Waals surface area contributed by atoms with E-state index in [0.29, 0.717) is 5.56 Å². The van der Waals surface area contributed by atoms with Crippen molar-refractivity contribution >= 4 is 27.1 Å². The fraction of sp³-hybridized carbons (Fsp3) is 0.120. The average molecular weight is 463 g/mol. The van der Waals surface area contributed by atoms with Gasteiger partial charge in [0.2, 0.25) is 5.91 Å². The zero-order valence-corrected chi connectivity index (χ0v) is 18.8. The Morgan fingerprint density at radius 3 is 2.00 bits per heavy atom. The third kappa shape index (κ3) is 4.79. The molecule has 1 atom stereocenters. The molecule has 1 amide bonds. The van der Waals surface area contributed by atoms with Crippen LogP contribution in [-0.2, 0) is 14.6 Å². The van der Waals surface area contributed by atoms with Crippen molar-refractivity contribution in [3.05, 3.63) is 119 Å². The normalized spacial score (nSPS) is 12.4. The van der Waals surface area contributed by atoms with Gasteiger partial charge in [-0.2, -0.15) is 0 Å². The Labute approximate surface area is 191 Å². The summed E-state index contributed by atoms with van der Waals surface area (Å²) < 4.78 is 27.0. The Morgan fingerprint density at radius 1 is 0.844 bits per heavy atom. The van der Waals surface area contributed by atoms with Crippen LogP contribution in [-0.4, -0.2) is 25.9 Å². The quantitative estimate of drug-likeness (QED) is 0.415. The van der Waals surface area contributed by atoms with E-state index in [1.165, 1.54) is 17.5 Å². The van der Waals surface area contributed by atoms with Gasteiger partial charge in [-0.1, -0.05) is 72.8 Å². The maximum atomic E-state index is 13.4. The van der Waals surface area contributed by atoms with Crippen LogP contribution in [0.5, 0.6) is 0 Å². The Morgan fingerprint density at radius 2 is 1.47 bits per heavy atom. The number of hydrogen-bond donors (Lipinski definition) is 1. The Bertz CT molecular complexity index is 1210. The third-order valence-electron chi connectivity index (χ3n) is 5.20. The number of thiophene rings is 1. The summed E-state index contributed by atoms with van der Waals surface area (Å²) in [5, 5.41) is 3.70. The number of sulfone groups is 1. The van der Waals surface area contributed by atoms with Crippen LogP contribution in [0.25, 0.3) is 0 Å². The van der Waals surface area contributed by atoms with E-state index in [4.69, 9.17) is 0 Å². The topological polar surface area (TPSA) is 76.1 Å². The molecular formula is C25H22N2O3S2. The summed E-state index contributed by atoms with van der Waals surface area (Å²) in [4.78, 5) is 17.5. The molecule has 7 heteroatoms. The zero-order valence-electron chi connectivity index (χ0n) is 17.2. The lowest BCUT2D eigenvalue weighted by atomic mass is 9.90. The number of aromatic nitrogens is 1. The summed E-state index contributed by atoms with van der Waals surface area (Å²) in [6.07, 6.45) is 3.13. The van der Waals surface area contributed by atoms with Crippen molar-refractivity contribution in [1.29, 1.82) is 0 Å². The second-order valence-electron chi connectivity index (χ2n) is 7.25. The van der Waals surface area contributed by atoms with E-state index in [9.17, 15) is 13.2 Å². The summed E-state index contributed by atoms with van der Waals surface area (Å²) in [5.74, 6) is -0.797. The van der Waals surface area contributed by atoms with Crippen molar-refractivity contribution in [2.75, 3.05) is 6.54 Å². The number of hydrogen-bond acceptors (Lipinski definition) is 5. The van der Waals surface area contributed by atoms with Crippen LogP contribution in [0.3, 0.4) is 0 Å². The minimum atomic E-state index is -3.70. The van der Waals surface area contributed by atoms with E-state index in [-0.39, 0.29) is 16.7 Å². The van der Waals surface area contributed by atoms with Crippen molar-refractivity contribution in [2.45, 2.75) is 15.4 Å². The van der Waals surface area contributed by atoms with Crippen LogP contribution in [0.1, 0.15) is 27.9 Å². The zero-order chi connectivity index (χ0) is 22.4. The molecule has 0 saturated carbocycles. The van der Waals surface area contributed by atoms with Crippen LogP contribution < -0.4 is 5.32 Å². The van der Waals surface area contributed by atoms with Crippen LogP contribution in [0.4, 0.5) is 0 Å². The monoisotopic (exact) mass is 462 g/mol. The molecule has 0 fully saturated rings. The van der Waals surface area contributed by atoms with Gasteiger partial charge in [0.1, 0.15) is 9.46 Å². The third-order valence-corrected chi connectivity index (χ3v) is 8.73. The molecule has 4 rings (SSSR count). The number of carbonyl (C=O) groups excluding carboxylic acids is 1. The first-order valence-electron chi connectivity index (χ1n) is 10.1. The largest absolute Gasteiger partial charge is 0.354 e. The van der Waals surface area contributed by atoms with Gasteiger partial charge < -0.3 is 5.32 Å². The van der Waals surface area contributed by atoms with Crippen molar-refractivity contribution in [3.63, 3.8) is 0 Å². The number of carbonyl (C=O) groups is 1. The molecule has 0 radical (unpaired) electrons. The highest BCUT2D eigenvalue weighted by Gasteiger charge is 2.32. The standard InChI is InChI=1S/C25H22N2O3S2/c28-25(24(19-9-3-1-4-10-19)20-11-5-2-6-12-20)27-18-22(21-13-7-15-26-17-21)32(29,30)23-14-8-16-31-23/h1-17,22,24H,18H2,(H,27,28). The van der Waals surface area contributed by atoms with Crippen molar-refractivity contribution in [3.8, 4) is 0 Å². The molecule has 1 N–H and O–H groups in total. The Hall–Kier alpha value is -3.29. The van der Waals surface area contributed by atoms with Crippen LogP contribution in [0, 0.1) is 0 Å². The Kier molecular flexibility index (Phi) is 6.78. The van der Waals surface area contributed by atoms with Gasteiger partial charge in [0.25, 0.3) is 0 Å². The van der Waals surface area contributed by atoms with Crippen LogP contribution >= 0.6 is 11.3 Å². The minimum absolute atomic E-state index is 0.0546. The molecule has 0 aliphatic rings. The van der Waals surface area contributed by atoms with Gasteiger partial charge in [-0.25, -0.2) is 8.42 Å². The first-order valence-corrected chi connectivity index (χ1v) is 12.5. The molecule has 0 bridgehead atoms. The second-order valence-corrected chi connectivity index (χ2v) is 10.6. The fourth-order valence-electron chi connectivity index (χ4n) is 3.62. The summed E-state index contributed by atoms with van der Waals surface area (Å²) in [6, 6.07) is 25.7. The molecule has 5 nitrogen and oxygen atoms in total. The van der Waals surface area contributed by atoms with Gasteiger partial charge >= 0.3 is 0 Å². The molecular weight excluding hydrogens is 440 g/mol. The number of nitrogens with one attached hydrogen (secondary N) is 1. The predicted molar refractivity (Wildman–Crippen MR) is 126 cm³/mol. The maximum Gasteiger partial charge on any atom is 0.232 e. The molecule has 0 saturated heterocycles. The van der Waals surface area contributed by atoms with E-state index in [1.54, 1.807) is 35.8 Å². The summed E-state index contributed by atoms with van der Waals surface area (Å²) in [5.41, 5.74) is 2.22. The molecule has 4 aromatic rings. The van der Waals surface area contributed by atoms with Gasteiger partial charge in [-0.3, -0.25) is 9.78 Å². The molecule has 0 aliphatic heterocycles. The lowest BCUT2D eigenvalue weighted by Gasteiger charge is -2.21. The van der Waals surface area contributed by atoms with Crippen molar-refractivity contribution in [1.82, 2.24) is 10.3 Å². The lowest BCUT2D eigenvalue weighted by molar-refractivity contribution is -0.121. The smallest absolute Gasteiger partial charge is 0.232 e. The lowest BCUT2D eigenvalue weighted by Crippen LogP contribution is -2.35. The second kappa shape index (κ2) is 9.89. The molecule has 0 spiro atoms. The minimum Gasteiger partial charge on any atom is -0.354 e. The molecule has 2 aromatic heterocycles. The number of benzene rings is 2. The van der Waals surface area contributed by atoms with E-state index >= 15 is 0 Å². The van der Waals surface area contributed by atoms with E-state index in [0.717, 1.165) is 11.1 Å². The number of pyridine rings is 1. The molecule has 0 aliphatic carbocycles. The maximum absolute atomic E-state index is 13.4. The Balaban J connectivity index is 1.64. The van der Waals surface area contributed by atoms with Crippen molar-refractivity contribution < 1.29 is 13.2 Å². The first kappa shape index (κ1) is 21.9. The summed E-state index contributed by atoms with van der Waals surface area (Å²) in [6.45, 7) is -0.0546. The summed E-state index contributed by atoms with van der Waals surface area (Å²) in [7, 11) is -3.70. The molecule has 2 aromatic carbocycles. The SMILES string of the molecule is O=C(NCC(c1cccnc1)S(=O)(=O)c1cccs1)C(c1ccccc1)c1ccccc1. The molecule has 2 heterocycles. The van der Waals surface area contributed by atoms with Gasteiger partial charge in [-0.05, 0) is 34.2 Å². The van der Waals surface area contributed by atoms with Gasteiger partial charge in [0, 0.05) is 18.9 Å². The molecule has 162 valence electrons. The predicted octanol–water partition coefficient (Wildman–Crippen LogP) is 4.61. The average Bonchev–Trinajstić information content (AvgIpc) is 3.38. The number of nitrogens with zero attached hydrogens (tertiary/aromatic N) is 1. The van der Waals surface area contributed by atoms with Crippen LogP contribution in [0.2, 0.25) is 0 Å². The number of amides is 1. The van der Waals surface area contributed by atoms with E-state index < -0.39 is 21.0 Å². The highest BCUT2D eigenvalue weighted by molar-refractivity contribution is 7.93. The van der Waals surface area contributed by atoms with Crippen LogP contribution in [0.15, 0.2) is 107 Å². The highest BCUT2D eigenvalue weighted by Crippen LogP contribution is 2.31. The van der Waals surface area contributed by atoms with Crippen molar-refractivity contribution in [2.24, 2.45) is 0 Å². The molecule has 32 heavy (non-hydrogen) atoms. The molecule has 1 unspecified atom stereocenters. The first-order chi connectivity index (χ1) is 15.6. The van der Waals surface area contributed by atoms with Gasteiger partial charge in [0.15, 0.2) is 9.84 Å².